The van der Waals surface area contributed by atoms with Crippen LogP contribution in [0, 0.1) is 5.82 Å². The molecule has 146 valence electrons. The molecular weight excluding hydrogens is 393 g/mol. The van der Waals surface area contributed by atoms with Crippen molar-refractivity contribution >= 4 is 23.0 Å². The molecule has 0 atom stereocenters. The van der Waals surface area contributed by atoms with Crippen LogP contribution in [0.3, 0.4) is 0 Å². The molecule has 3 aromatic rings. The minimum Gasteiger partial charge on any atom is -0.503 e. The van der Waals surface area contributed by atoms with Gasteiger partial charge >= 0.3 is 0 Å². The largest absolute Gasteiger partial charge is 0.503 e. The van der Waals surface area contributed by atoms with Crippen molar-refractivity contribution in [1.82, 2.24) is 14.3 Å². The monoisotopic (exact) mass is 407 g/mol. The minimum atomic E-state index is -1.01. The minimum absolute atomic E-state index is 0.0485. The number of aromatic hydroxyl groups is 1. The molecule has 0 saturated heterocycles. The molecule has 0 spiro atoms. The van der Waals surface area contributed by atoms with Crippen LogP contribution in [0.25, 0.3) is 5.52 Å². The maximum Gasteiger partial charge on any atom is 0.279 e. The lowest BCUT2D eigenvalue weighted by molar-refractivity contribution is 0.0961. The highest BCUT2D eigenvalue weighted by Crippen LogP contribution is 2.18. The number of carbonyl (C=O) groups is 1. The highest BCUT2D eigenvalue weighted by Gasteiger charge is 2.20. The van der Waals surface area contributed by atoms with Crippen LogP contribution in [-0.2, 0) is 13.2 Å². The van der Waals surface area contributed by atoms with Gasteiger partial charge in [0.1, 0.15) is 11.4 Å². The van der Waals surface area contributed by atoms with Crippen LogP contribution >= 0.6 is 11.6 Å². The summed E-state index contributed by atoms with van der Waals surface area (Å²) in [5.41, 5.74) is -1.89. The summed E-state index contributed by atoms with van der Waals surface area (Å²) in [7, 11) is 1.31. The molecule has 0 unspecified atom stereocenters. The standard InChI is InChI=1S/C18H15ClFN3O5/c1-21-17(27)11-7-23-10(8-24)6-22(18(28)14(23)16(26)15(11)25)5-9-2-3-13(20)12(19)4-9/h2-4,6-7,24,26H,5,8H2,1H3,(H,21,27). The summed E-state index contributed by atoms with van der Waals surface area (Å²) in [6.45, 7) is -0.594. The fourth-order valence-electron chi connectivity index (χ4n) is 2.83. The van der Waals surface area contributed by atoms with Crippen LogP contribution in [-0.4, -0.2) is 32.1 Å². The van der Waals surface area contributed by atoms with Crippen molar-refractivity contribution < 1.29 is 19.4 Å². The Labute approximate surface area is 162 Å². The van der Waals surface area contributed by atoms with Crippen LogP contribution in [0.4, 0.5) is 4.39 Å². The van der Waals surface area contributed by atoms with Gasteiger partial charge in [-0.15, -0.1) is 0 Å². The zero-order valence-corrected chi connectivity index (χ0v) is 15.3. The molecule has 1 amide bonds. The van der Waals surface area contributed by atoms with Gasteiger partial charge in [0.15, 0.2) is 11.3 Å². The van der Waals surface area contributed by atoms with Gasteiger partial charge in [-0.3, -0.25) is 14.4 Å². The number of aromatic nitrogens is 2. The van der Waals surface area contributed by atoms with E-state index in [1.807, 2.05) is 0 Å². The summed E-state index contributed by atoms with van der Waals surface area (Å²) < 4.78 is 15.6. The third kappa shape index (κ3) is 3.25. The molecule has 3 N–H and O–H groups in total. The Morgan fingerprint density at radius 2 is 2.00 bits per heavy atom. The van der Waals surface area contributed by atoms with Gasteiger partial charge in [0.05, 0.1) is 23.9 Å². The van der Waals surface area contributed by atoms with Crippen molar-refractivity contribution in [1.29, 1.82) is 0 Å². The van der Waals surface area contributed by atoms with Gasteiger partial charge in [-0.25, -0.2) is 4.39 Å². The number of pyridine rings is 1. The van der Waals surface area contributed by atoms with Crippen molar-refractivity contribution in [3.05, 3.63) is 78.8 Å². The first kappa shape index (κ1) is 19.6. The third-order valence-corrected chi connectivity index (χ3v) is 4.52. The fraction of sp³-hybridized carbons (Fsp3) is 0.167. The molecule has 2 aromatic heterocycles. The Bertz CT molecular complexity index is 1220. The van der Waals surface area contributed by atoms with E-state index in [0.717, 1.165) is 21.2 Å². The van der Waals surface area contributed by atoms with Crippen LogP contribution < -0.4 is 16.3 Å². The number of halogens is 2. The number of aliphatic hydroxyl groups excluding tert-OH is 1. The lowest BCUT2D eigenvalue weighted by atomic mass is 10.2. The summed E-state index contributed by atoms with van der Waals surface area (Å²) in [6.07, 6.45) is 2.40. The number of nitrogens with zero attached hydrogens (tertiary/aromatic N) is 2. The molecule has 0 bridgehead atoms. The van der Waals surface area contributed by atoms with Gasteiger partial charge < -0.3 is 24.5 Å². The van der Waals surface area contributed by atoms with Crippen molar-refractivity contribution in [2.24, 2.45) is 0 Å². The molecule has 0 aliphatic rings. The first-order valence-electron chi connectivity index (χ1n) is 8.06. The molecular formula is C18H15ClFN3O5. The zero-order chi connectivity index (χ0) is 20.6. The molecule has 0 aliphatic carbocycles. The Hall–Kier alpha value is -3.17. The average Bonchev–Trinajstić information content (AvgIpc) is 2.68. The summed E-state index contributed by atoms with van der Waals surface area (Å²) in [5.74, 6) is -2.27. The first-order valence-corrected chi connectivity index (χ1v) is 8.43. The van der Waals surface area contributed by atoms with Crippen LogP contribution in [0.2, 0.25) is 5.02 Å². The van der Waals surface area contributed by atoms with Gasteiger partial charge in [0.25, 0.3) is 11.5 Å². The van der Waals surface area contributed by atoms with Gasteiger partial charge in [-0.1, -0.05) is 17.7 Å². The van der Waals surface area contributed by atoms with E-state index in [0.29, 0.717) is 5.56 Å². The van der Waals surface area contributed by atoms with E-state index in [1.54, 1.807) is 0 Å². The predicted molar refractivity (Wildman–Crippen MR) is 99.4 cm³/mol. The Morgan fingerprint density at radius 1 is 1.29 bits per heavy atom. The van der Waals surface area contributed by atoms with Crippen LogP contribution in [0.5, 0.6) is 5.75 Å². The molecule has 2 heterocycles. The second-order valence-electron chi connectivity index (χ2n) is 5.98. The Balaban J connectivity index is 2.27. The van der Waals surface area contributed by atoms with Gasteiger partial charge in [0.2, 0.25) is 5.43 Å². The number of hydrogen-bond donors (Lipinski definition) is 3. The van der Waals surface area contributed by atoms with E-state index in [-0.39, 0.29) is 22.8 Å². The molecule has 3 rings (SSSR count). The summed E-state index contributed by atoms with van der Waals surface area (Å²) in [4.78, 5) is 37.0. The van der Waals surface area contributed by atoms with Gasteiger partial charge in [-0.2, -0.15) is 0 Å². The first-order chi connectivity index (χ1) is 13.3. The van der Waals surface area contributed by atoms with E-state index in [4.69, 9.17) is 11.6 Å². The Kier molecular flexibility index (Phi) is 5.21. The highest BCUT2D eigenvalue weighted by molar-refractivity contribution is 6.30. The Morgan fingerprint density at radius 3 is 2.61 bits per heavy atom. The van der Waals surface area contributed by atoms with E-state index in [1.165, 1.54) is 25.4 Å². The quantitative estimate of drug-likeness (QED) is 0.593. The maximum absolute atomic E-state index is 13.3. The number of hydrogen-bond acceptors (Lipinski definition) is 5. The zero-order valence-electron chi connectivity index (χ0n) is 14.6. The number of aliphatic hydroxyl groups is 1. The number of amides is 1. The molecule has 0 radical (unpaired) electrons. The molecule has 28 heavy (non-hydrogen) atoms. The van der Waals surface area contributed by atoms with E-state index >= 15 is 0 Å². The number of rotatable bonds is 4. The number of carbonyl (C=O) groups excluding carboxylic acids is 1. The van der Waals surface area contributed by atoms with E-state index < -0.39 is 40.6 Å². The van der Waals surface area contributed by atoms with E-state index in [2.05, 4.69) is 5.32 Å². The van der Waals surface area contributed by atoms with Crippen LogP contribution in [0.15, 0.2) is 40.2 Å². The lowest BCUT2D eigenvalue weighted by Crippen LogP contribution is -2.30. The second kappa shape index (κ2) is 7.45. The molecule has 0 fully saturated rings. The van der Waals surface area contributed by atoms with Crippen molar-refractivity contribution in [3.8, 4) is 5.75 Å². The van der Waals surface area contributed by atoms with Crippen LogP contribution in [0.1, 0.15) is 21.6 Å². The molecule has 10 heteroatoms. The number of nitrogens with one attached hydrogen (secondary N) is 1. The highest BCUT2D eigenvalue weighted by atomic mass is 35.5. The van der Waals surface area contributed by atoms with Gasteiger partial charge in [0, 0.05) is 19.4 Å². The summed E-state index contributed by atoms with van der Waals surface area (Å²) in [6, 6.07) is 3.92. The lowest BCUT2D eigenvalue weighted by Gasteiger charge is -2.14. The fourth-order valence-corrected chi connectivity index (χ4v) is 3.04. The molecule has 0 aliphatic heterocycles. The maximum atomic E-state index is 13.3. The normalized spacial score (nSPS) is 11.0. The third-order valence-electron chi connectivity index (χ3n) is 4.23. The van der Waals surface area contributed by atoms with Crippen molar-refractivity contribution in [2.45, 2.75) is 13.2 Å². The van der Waals surface area contributed by atoms with Crippen molar-refractivity contribution in [2.75, 3.05) is 7.05 Å². The smallest absolute Gasteiger partial charge is 0.279 e. The number of fused-ring (bicyclic) bond motifs is 1. The SMILES string of the molecule is CNC(=O)c1cn2c(CO)cn(Cc3ccc(F)c(Cl)c3)c(=O)c2c(O)c1=O. The van der Waals surface area contributed by atoms with Gasteiger partial charge in [-0.05, 0) is 17.7 Å². The second-order valence-corrected chi connectivity index (χ2v) is 6.39. The average molecular weight is 408 g/mol. The number of benzene rings is 1. The summed E-state index contributed by atoms with van der Waals surface area (Å²) in [5, 5.41) is 22.1. The molecule has 8 nitrogen and oxygen atoms in total. The topological polar surface area (TPSA) is 113 Å². The predicted octanol–water partition coefficient (Wildman–Crippen LogP) is 0.859. The van der Waals surface area contributed by atoms with E-state index in [9.17, 15) is 29.0 Å². The molecule has 1 aromatic carbocycles. The summed E-state index contributed by atoms with van der Waals surface area (Å²) >= 11 is 5.75. The molecule has 0 saturated carbocycles. The van der Waals surface area contributed by atoms with Crippen molar-refractivity contribution in [3.63, 3.8) is 0 Å².